The molecule has 0 spiro atoms. The highest BCUT2D eigenvalue weighted by Crippen LogP contribution is 2.34. The fourth-order valence-corrected chi connectivity index (χ4v) is 5.46. The standard InChI is InChI=1S/C29H28N2O3S/c1-19(2)24-11-6-12-25-26(24)30-29(35-25)31(18-23-10-7-17-34-23)28(33)22-15-13-21(14-16-22)27(32)20-8-4-3-5-9-20/h3-6,8-9,11-16,19,23H,7,10,17-18H2,1-2H3. The summed E-state index contributed by atoms with van der Waals surface area (Å²) in [6, 6.07) is 22.3. The van der Waals surface area contributed by atoms with Crippen LogP contribution < -0.4 is 4.90 Å². The highest BCUT2D eigenvalue weighted by Gasteiger charge is 2.27. The number of ether oxygens (including phenoxy) is 1. The molecule has 1 unspecified atom stereocenters. The molecule has 0 radical (unpaired) electrons. The van der Waals surface area contributed by atoms with Crippen molar-refractivity contribution in [3.8, 4) is 0 Å². The van der Waals surface area contributed by atoms with Crippen LogP contribution in [0.1, 0.15) is 64.4 Å². The van der Waals surface area contributed by atoms with E-state index in [1.54, 1.807) is 41.3 Å². The molecule has 1 amide bonds. The highest BCUT2D eigenvalue weighted by atomic mass is 32.1. The summed E-state index contributed by atoms with van der Waals surface area (Å²) in [6.07, 6.45) is 1.92. The van der Waals surface area contributed by atoms with E-state index >= 15 is 0 Å². The summed E-state index contributed by atoms with van der Waals surface area (Å²) in [5.41, 5.74) is 3.84. The maximum atomic E-state index is 13.7. The summed E-state index contributed by atoms with van der Waals surface area (Å²) in [4.78, 5) is 33.2. The van der Waals surface area contributed by atoms with Gasteiger partial charge >= 0.3 is 0 Å². The van der Waals surface area contributed by atoms with Crippen molar-refractivity contribution >= 4 is 38.4 Å². The molecule has 3 aromatic carbocycles. The molecule has 1 atom stereocenters. The lowest BCUT2D eigenvalue weighted by Gasteiger charge is -2.23. The van der Waals surface area contributed by atoms with Gasteiger partial charge in [-0.05, 0) is 42.5 Å². The number of carbonyl (C=O) groups is 2. The number of fused-ring (bicyclic) bond motifs is 1. The van der Waals surface area contributed by atoms with Gasteiger partial charge in [0.05, 0.1) is 22.9 Å². The van der Waals surface area contributed by atoms with Gasteiger partial charge in [-0.2, -0.15) is 0 Å². The van der Waals surface area contributed by atoms with E-state index in [4.69, 9.17) is 9.72 Å². The van der Waals surface area contributed by atoms with Gasteiger partial charge in [-0.3, -0.25) is 14.5 Å². The van der Waals surface area contributed by atoms with Gasteiger partial charge in [0.15, 0.2) is 10.9 Å². The summed E-state index contributed by atoms with van der Waals surface area (Å²) in [7, 11) is 0. The molecule has 1 aliphatic heterocycles. The predicted octanol–water partition coefficient (Wildman–Crippen LogP) is 6.48. The van der Waals surface area contributed by atoms with Crippen LogP contribution in [0.3, 0.4) is 0 Å². The molecule has 35 heavy (non-hydrogen) atoms. The van der Waals surface area contributed by atoms with Crippen molar-refractivity contribution in [2.75, 3.05) is 18.1 Å². The molecule has 5 nitrogen and oxygen atoms in total. The molecule has 1 aromatic heterocycles. The molecular formula is C29H28N2O3S. The first-order chi connectivity index (χ1) is 17.0. The van der Waals surface area contributed by atoms with Crippen LogP contribution in [0.15, 0.2) is 72.8 Å². The monoisotopic (exact) mass is 484 g/mol. The minimum Gasteiger partial charge on any atom is -0.376 e. The largest absolute Gasteiger partial charge is 0.376 e. The normalized spacial score (nSPS) is 15.6. The number of thiazole rings is 1. The van der Waals surface area contributed by atoms with Crippen LogP contribution in [0.4, 0.5) is 5.13 Å². The summed E-state index contributed by atoms with van der Waals surface area (Å²) in [6.45, 7) is 5.49. The first-order valence-corrected chi connectivity index (χ1v) is 12.9. The fraction of sp³-hybridized carbons (Fsp3) is 0.276. The first kappa shape index (κ1) is 23.4. The number of hydrogen-bond acceptors (Lipinski definition) is 5. The average Bonchev–Trinajstić information content (AvgIpc) is 3.56. The maximum Gasteiger partial charge on any atom is 0.260 e. The Balaban J connectivity index is 1.46. The van der Waals surface area contributed by atoms with Gasteiger partial charge in [0, 0.05) is 23.3 Å². The second-order valence-electron chi connectivity index (χ2n) is 9.17. The molecule has 4 aromatic rings. The van der Waals surface area contributed by atoms with Crippen molar-refractivity contribution in [2.24, 2.45) is 0 Å². The Bertz CT molecular complexity index is 1340. The molecule has 0 bridgehead atoms. The van der Waals surface area contributed by atoms with Gasteiger partial charge in [0.1, 0.15) is 0 Å². The van der Waals surface area contributed by atoms with Crippen LogP contribution in [-0.2, 0) is 4.74 Å². The molecule has 2 heterocycles. The Hall–Kier alpha value is -3.35. The summed E-state index contributed by atoms with van der Waals surface area (Å²) in [5, 5.41) is 0.679. The minimum atomic E-state index is -0.135. The lowest BCUT2D eigenvalue weighted by Crippen LogP contribution is -2.37. The van der Waals surface area contributed by atoms with Crippen molar-refractivity contribution in [1.82, 2.24) is 4.98 Å². The van der Waals surface area contributed by atoms with Crippen molar-refractivity contribution in [3.63, 3.8) is 0 Å². The van der Waals surface area contributed by atoms with Gasteiger partial charge in [-0.1, -0.05) is 79.8 Å². The number of anilines is 1. The Morgan fingerprint density at radius 2 is 1.69 bits per heavy atom. The van der Waals surface area contributed by atoms with Gasteiger partial charge in [-0.25, -0.2) is 4.98 Å². The van der Waals surface area contributed by atoms with Crippen LogP contribution in [-0.4, -0.2) is 35.9 Å². The number of amides is 1. The van der Waals surface area contributed by atoms with E-state index in [0.717, 1.165) is 29.7 Å². The molecule has 0 saturated carbocycles. The minimum absolute atomic E-state index is 0.00513. The molecule has 5 rings (SSSR count). The van der Waals surface area contributed by atoms with Gasteiger partial charge in [0.25, 0.3) is 5.91 Å². The van der Waals surface area contributed by atoms with E-state index in [-0.39, 0.29) is 17.8 Å². The number of hydrogen-bond donors (Lipinski definition) is 0. The summed E-state index contributed by atoms with van der Waals surface area (Å²) >= 11 is 1.53. The lowest BCUT2D eigenvalue weighted by molar-refractivity contribution is 0.0917. The summed E-state index contributed by atoms with van der Waals surface area (Å²) in [5.74, 6) is 0.142. The number of para-hydroxylation sites is 1. The third kappa shape index (κ3) is 4.90. The van der Waals surface area contributed by atoms with E-state index in [0.29, 0.717) is 34.3 Å². The SMILES string of the molecule is CC(C)c1cccc2sc(N(CC3CCCO3)C(=O)c3ccc(C(=O)c4ccccc4)cc3)nc12. The number of ketones is 1. The second kappa shape index (κ2) is 10.1. The van der Waals surface area contributed by atoms with Gasteiger partial charge in [-0.15, -0.1) is 0 Å². The highest BCUT2D eigenvalue weighted by molar-refractivity contribution is 7.22. The van der Waals surface area contributed by atoms with Crippen LogP contribution in [0.25, 0.3) is 10.2 Å². The van der Waals surface area contributed by atoms with Crippen molar-refractivity contribution < 1.29 is 14.3 Å². The molecule has 1 saturated heterocycles. The third-order valence-corrected chi connectivity index (χ3v) is 7.42. The molecule has 0 N–H and O–H groups in total. The van der Waals surface area contributed by atoms with E-state index in [1.807, 2.05) is 24.3 Å². The Kier molecular flexibility index (Phi) is 6.75. The van der Waals surface area contributed by atoms with Gasteiger partial charge in [0.2, 0.25) is 0 Å². The molecule has 178 valence electrons. The Labute approximate surface area is 209 Å². The third-order valence-electron chi connectivity index (χ3n) is 6.38. The predicted molar refractivity (Wildman–Crippen MR) is 141 cm³/mol. The van der Waals surface area contributed by atoms with Crippen molar-refractivity contribution in [2.45, 2.75) is 38.7 Å². The van der Waals surface area contributed by atoms with E-state index in [9.17, 15) is 9.59 Å². The maximum absolute atomic E-state index is 13.7. The molecule has 0 aliphatic carbocycles. The van der Waals surface area contributed by atoms with E-state index in [2.05, 4.69) is 26.0 Å². The number of nitrogens with zero attached hydrogens (tertiary/aromatic N) is 2. The number of benzene rings is 3. The van der Waals surface area contributed by atoms with Gasteiger partial charge < -0.3 is 4.74 Å². The number of aromatic nitrogens is 1. The van der Waals surface area contributed by atoms with Crippen molar-refractivity contribution in [3.05, 3.63) is 95.1 Å². The van der Waals surface area contributed by atoms with Crippen LogP contribution in [0, 0.1) is 0 Å². The molecule has 1 fully saturated rings. The fourth-order valence-electron chi connectivity index (χ4n) is 4.46. The van der Waals surface area contributed by atoms with E-state index < -0.39 is 0 Å². The Morgan fingerprint density at radius 1 is 0.971 bits per heavy atom. The molecule has 6 heteroatoms. The smallest absolute Gasteiger partial charge is 0.260 e. The van der Waals surface area contributed by atoms with Crippen LogP contribution in [0.2, 0.25) is 0 Å². The zero-order valence-electron chi connectivity index (χ0n) is 19.9. The molecular weight excluding hydrogens is 456 g/mol. The average molecular weight is 485 g/mol. The quantitative estimate of drug-likeness (QED) is 0.282. The summed E-state index contributed by atoms with van der Waals surface area (Å²) < 4.78 is 6.93. The number of carbonyl (C=O) groups excluding carboxylic acids is 2. The number of rotatable bonds is 7. The van der Waals surface area contributed by atoms with E-state index in [1.165, 1.54) is 16.9 Å². The second-order valence-corrected chi connectivity index (χ2v) is 10.2. The lowest BCUT2D eigenvalue weighted by atomic mass is 10.0. The Morgan fingerprint density at radius 3 is 2.37 bits per heavy atom. The molecule has 1 aliphatic rings. The van der Waals surface area contributed by atoms with Crippen LogP contribution in [0.5, 0.6) is 0 Å². The van der Waals surface area contributed by atoms with Crippen LogP contribution >= 0.6 is 11.3 Å². The topological polar surface area (TPSA) is 59.5 Å². The van der Waals surface area contributed by atoms with Crippen molar-refractivity contribution in [1.29, 1.82) is 0 Å². The zero-order chi connectivity index (χ0) is 24.4. The first-order valence-electron chi connectivity index (χ1n) is 12.0. The zero-order valence-corrected chi connectivity index (χ0v) is 20.8.